The first kappa shape index (κ1) is 14.8. The van der Waals surface area contributed by atoms with Crippen molar-refractivity contribution in [1.29, 1.82) is 0 Å². The Morgan fingerprint density at radius 1 is 1.37 bits per heavy atom. The van der Waals surface area contributed by atoms with Gasteiger partial charge in [-0.25, -0.2) is 8.42 Å². The first-order chi connectivity index (χ1) is 9.05. The molecule has 0 spiro atoms. The van der Waals surface area contributed by atoms with Crippen molar-refractivity contribution in [2.45, 2.75) is 24.3 Å². The normalized spacial score (nSPS) is 21.5. The summed E-state index contributed by atoms with van der Waals surface area (Å²) in [5.74, 6) is 0.534. The van der Waals surface area contributed by atoms with Crippen molar-refractivity contribution in [3.63, 3.8) is 0 Å². The summed E-state index contributed by atoms with van der Waals surface area (Å²) in [6.45, 7) is 3.17. The van der Waals surface area contributed by atoms with Crippen LogP contribution < -0.4 is 0 Å². The lowest BCUT2D eigenvalue weighted by Crippen LogP contribution is -2.46. The number of sulfonamides is 1. The van der Waals surface area contributed by atoms with Crippen LogP contribution in [-0.4, -0.2) is 44.4 Å². The summed E-state index contributed by atoms with van der Waals surface area (Å²) in [7, 11) is -3.42. The summed E-state index contributed by atoms with van der Waals surface area (Å²) in [4.78, 5) is 0.333. The number of morpholine rings is 1. The van der Waals surface area contributed by atoms with Crippen molar-refractivity contribution in [2.24, 2.45) is 0 Å². The highest BCUT2D eigenvalue weighted by Gasteiger charge is 2.31. The molecule has 4 nitrogen and oxygen atoms in total. The highest BCUT2D eigenvalue weighted by atomic mass is 35.5. The van der Waals surface area contributed by atoms with Crippen molar-refractivity contribution in [3.05, 3.63) is 29.8 Å². The molecule has 0 saturated carbocycles. The average molecular weight is 304 g/mol. The van der Waals surface area contributed by atoms with E-state index in [0.717, 1.165) is 12.0 Å². The van der Waals surface area contributed by atoms with E-state index in [4.69, 9.17) is 16.3 Å². The van der Waals surface area contributed by atoms with E-state index in [1.165, 1.54) is 4.31 Å². The highest BCUT2D eigenvalue weighted by Crippen LogP contribution is 2.21. The lowest BCUT2D eigenvalue weighted by Gasteiger charge is -2.32. The molecule has 1 fully saturated rings. The maximum Gasteiger partial charge on any atom is 0.243 e. The van der Waals surface area contributed by atoms with Crippen molar-refractivity contribution < 1.29 is 13.2 Å². The Balaban J connectivity index is 2.23. The molecule has 2 rings (SSSR count). The van der Waals surface area contributed by atoms with Crippen LogP contribution in [0.3, 0.4) is 0 Å². The Morgan fingerprint density at radius 3 is 2.63 bits per heavy atom. The first-order valence-corrected chi connectivity index (χ1v) is 8.27. The number of aryl methyl sites for hydroxylation is 1. The van der Waals surface area contributed by atoms with Gasteiger partial charge in [0.25, 0.3) is 0 Å². The van der Waals surface area contributed by atoms with E-state index in [1.807, 2.05) is 19.1 Å². The van der Waals surface area contributed by atoms with E-state index in [-0.39, 0.29) is 6.04 Å². The van der Waals surface area contributed by atoms with E-state index in [2.05, 4.69) is 0 Å². The quantitative estimate of drug-likeness (QED) is 0.798. The molecule has 6 heteroatoms. The second kappa shape index (κ2) is 6.22. The predicted octanol–water partition coefficient (Wildman–Crippen LogP) is 1.88. The number of nitrogens with zero attached hydrogens (tertiary/aromatic N) is 1. The molecule has 0 bridgehead atoms. The molecular formula is C13H18ClNO3S. The second-order valence-corrected chi connectivity index (χ2v) is 6.89. The second-order valence-electron chi connectivity index (χ2n) is 4.62. The van der Waals surface area contributed by atoms with Gasteiger partial charge in [-0.1, -0.05) is 12.1 Å². The highest BCUT2D eigenvalue weighted by molar-refractivity contribution is 7.89. The van der Waals surface area contributed by atoms with Crippen molar-refractivity contribution in [3.8, 4) is 0 Å². The fourth-order valence-corrected chi connectivity index (χ4v) is 3.96. The Labute approximate surface area is 119 Å². The molecule has 1 aliphatic rings. The van der Waals surface area contributed by atoms with E-state index in [0.29, 0.717) is 30.5 Å². The molecule has 1 heterocycles. The van der Waals surface area contributed by atoms with E-state index in [1.54, 1.807) is 12.1 Å². The fourth-order valence-electron chi connectivity index (χ4n) is 2.14. The molecule has 1 aromatic carbocycles. The van der Waals surface area contributed by atoms with Gasteiger partial charge in [0.2, 0.25) is 10.0 Å². The third-order valence-corrected chi connectivity index (χ3v) is 5.44. The summed E-state index contributed by atoms with van der Waals surface area (Å²) < 4.78 is 31.8. The Kier molecular flexibility index (Phi) is 4.84. The molecule has 19 heavy (non-hydrogen) atoms. The molecule has 1 unspecified atom stereocenters. The molecule has 0 N–H and O–H groups in total. The average Bonchev–Trinajstić information content (AvgIpc) is 2.40. The smallest absolute Gasteiger partial charge is 0.243 e. The number of ether oxygens (including phenoxy) is 1. The summed E-state index contributed by atoms with van der Waals surface area (Å²) >= 11 is 5.67. The molecular weight excluding hydrogens is 286 g/mol. The van der Waals surface area contributed by atoms with Gasteiger partial charge in [0.1, 0.15) is 0 Å². The number of alkyl halides is 1. The largest absolute Gasteiger partial charge is 0.378 e. The van der Waals surface area contributed by atoms with Gasteiger partial charge in [-0.2, -0.15) is 4.31 Å². The number of rotatable bonds is 4. The van der Waals surface area contributed by atoms with Gasteiger partial charge in [0.05, 0.1) is 18.1 Å². The zero-order chi connectivity index (χ0) is 13.9. The van der Waals surface area contributed by atoms with Gasteiger partial charge in [-0.05, 0) is 31.0 Å². The summed E-state index contributed by atoms with van der Waals surface area (Å²) in [6, 6.07) is 6.82. The lowest BCUT2D eigenvalue weighted by atomic mass is 10.2. The van der Waals surface area contributed by atoms with Crippen LogP contribution in [0.2, 0.25) is 0 Å². The fraction of sp³-hybridized carbons (Fsp3) is 0.538. The number of hydrogen-bond acceptors (Lipinski definition) is 3. The minimum absolute atomic E-state index is 0.124. The number of benzene rings is 1. The van der Waals surface area contributed by atoms with Crippen LogP contribution in [0, 0.1) is 0 Å². The van der Waals surface area contributed by atoms with E-state index >= 15 is 0 Å². The van der Waals surface area contributed by atoms with Crippen LogP contribution in [-0.2, 0) is 21.2 Å². The van der Waals surface area contributed by atoms with Crippen LogP contribution in [0.25, 0.3) is 0 Å². The first-order valence-electron chi connectivity index (χ1n) is 6.30. The monoisotopic (exact) mass is 303 g/mol. The molecule has 1 aliphatic heterocycles. The van der Waals surface area contributed by atoms with Crippen LogP contribution in [0.1, 0.15) is 12.5 Å². The third kappa shape index (κ3) is 3.28. The minimum Gasteiger partial charge on any atom is -0.378 e. The number of hydrogen-bond donors (Lipinski definition) is 0. The molecule has 106 valence electrons. The molecule has 0 radical (unpaired) electrons. The van der Waals surface area contributed by atoms with Crippen LogP contribution in [0.5, 0.6) is 0 Å². The van der Waals surface area contributed by atoms with Crippen molar-refractivity contribution in [2.75, 3.05) is 25.6 Å². The zero-order valence-corrected chi connectivity index (χ0v) is 12.5. The maximum atomic E-state index is 12.5. The molecule has 1 saturated heterocycles. The topological polar surface area (TPSA) is 46.6 Å². The SMILES string of the molecule is CC1COCCN1S(=O)(=O)c1ccc(CCCl)cc1. The van der Waals surface area contributed by atoms with Gasteiger partial charge in [0.15, 0.2) is 0 Å². The third-order valence-electron chi connectivity index (χ3n) is 3.22. The van der Waals surface area contributed by atoms with Gasteiger partial charge in [0, 0.05) is 18.5 Å². The number of halogens is 1. The summed E-state index contributed by atoms with van der Waals surface area (Å²) in [6.07, 6.45) is 0.746. The van der Waals surface area contributed by atoms with E-state index in [9.17, 15) is 8.42 Å². The summed E-state index contributed by atoms with van der Waals surface area (Å²) in [5.41, 5.74) is 1.05. The van der Waals surface area contributed by atoms with Gasteiger partial charge in [-0.3, -0.25) is 0 Å². The van der Waals surface area contributed by atoms with Gasteiger partial charge < -0.3 is 4.74 Å². The zero-order valence-electron chi connectivity index (χ0n) is 10.9. The van der Waals surface area contributed by atoms with E-state index < -0.39 is 10.0 Å². The standard InChI is InChI=1S/C13H18ClNO3S/c1-11-10-18-9-8-15(11)19(16,17)13-4-2-12(3-5-13)6-7-14/h2-5,11H,6-10H2,1H3. The van der Waals surface area contributed by atoms with Crippen molar-refractivity contribution in [1.82, 2.24) is 4.31 Å². The van der Waals surface area contributed by atoms with Gasteiger partial charge in [-0.15, -0.1) is 11.6 Å². The Morgan fingerprint density at radius 2 is 2.05 bits per heavy atom. The van der Waals surface area contributed by atoms with Crippen LogP contribution in [0.4, 0.5) is 0 Å². The van der Waals surface area contributed by atoms with Crippen LogP contribution >= 0.6 is 11.6 Å². The molecule has 0 amide bonds. The van der Waals surface area contributed by atoms with Crippen LogP contribution in [0.15, 0.2) is 29.2 Å². The molecule has 1 aromatic rings. The summed E-state index contributed by atoms with van der Waals surface area (Å²) in [5, 5.41) is 0. The molecule has 0 aliphatic carbocycles. The van der Waals surface area contributed by atoms with Crippen molar-refractivity contribution >= 4 is 21.6 Å². The maximum absolute atomic E-state index is 12.5. The minimum atomic E-state index is -3.42. The Hall–Kier alpha value is -0.620. The lowest BCUT2D eigenvalue weighted by molar-refractivity contribution is 0.0393. The Bertz CT molecular complexity index is 515. The van der Waals surface area contributed by atoms with Gasteiger partial charge >= 0.3 is 0 Å². The molecule has 1 atom stereocenters. The molecule has 0 aromatic heterocycles. The predicted molar refractivity (Wildman–Crippen MR) is 75.0 cm³/mol.